The fourth-order valence-corrected chi connectivity index (χ4v) is 3.23. The normalized spacial score (nSPS) is 11.8. The van der Waals surface area contributed by atoms with Crippen LogP contribution < -0.4 is 10.6 Å². The summed E-state index contributed by atoms with van der Waals surface area (Å²) in [5.74, 6) is 0. The average molecular weight is 437 g/mol. The zero-order chi connectivity index (χ0) is 22.2. The van der Waals surface area contributed by atoms with Crippen LogP contribution in [0, 0.1) is 0 Å². The van der Waals surface area contributed by atoms with Crippen molar-refractivity contribution in [1.82, 2.24) is 0 Å². The van der Waals surface area contributed by atoms with Gasteiger partial charge in [0.05, 0.1) is 17.1 Å². The molecule has 0 aliphatic heterocycles. The molecule has 0 heterocycles. The highest BCUT2D eigenvalue weighted by Gasteiger charge is 2.02. The predicted molar refractivity (Wildman–Crippen MR) is 141 cm³/mol. The third-order valence-electron chi connectivity index (χ3n) is 4.71. The van der Waals surface area contributed by atoms with E-state index < -0.39 is 0 Å². The highest BCUT2D eigenvalue weighted by atomic mass is 32.1. The lowest BCUT2D eigenvalue weighted by molar-refractivity contribution is 1.48. The molecule has 0 saturated carbocycles. The molecule has 4 aromatic carbocycles. The van der Waals surface area contributed by atoms with Crippen molar-refractivity contribution in [2.45, 2.75) is 6.92 Å². The van der Waals surface area contributed by atoms with Gasteiger partial charge in [-0.2, -0.15) is 0 Å². The molecule has 4 aromatic rings. The van der Waals surface area contributed by atoms with Crippen molar-refractivity contribution in [3.8, 4) is 0 Å². The fraction of sp³-hybridized carbons (Fsp3) is 0.0370. The molecule has 0 radical (unpaired) electrons. The van der Waals surface area contributed by atoms with Crippen LogP contribution in [0.3, 0.4) is 0 Å². The van der Waals surface area contributed by atoms with Crippen molar-refractivity contribution in [3.63, 3.8) is 0 Å². The molecular formula is C27H24N4S. The first-order chi connectivity index (χ1) is 15.7. The van der Waals surface area contributed by atoms with Crippen LogP contribution in [0.15, 0.2) is 119 Å². The monoisotopic (exact) mass is 436 g/mol. The quantitative estimate of drug-likeness (QED) is 0.156. The Morgan fingerprint density at radius 3 is 1.34 bits per heavy atom. The minimum Gasteiger partial charge on any atom is -0.356 e. The van der Waals surface area contributed by atoms with Crippen molar-refractivity contribution in [3.05, 3.63) is 109 Å². The van der Waals surface area contributed by atoms with Gasteiger partial charge in [0.2, 0.25) is 0 Å². The minimum atomic E-state index is 0.584. The molecule has 0 fully saturated rings. The molecule has 4 rings (SSSR count). The first kappa shape index (κ1) is 21.4. The summed E-state index contributed by atoms with van der Waals surface area (Å²) in [6, 6.07) is 36.0. The SMILES string of the molecule is CC(=N\c1ccc(Nc2ccccc2)cc1)/C(S)=N\c1ccc(Nc2ccccc2)cc1. The van der Waals surface area contributed by atoms with Gasteiger partial charge >= 0.3 is 0 Å². The van der Waals surface area contributed by atoms with E-state index in [-0.39, 0.29) is 0 Å². The number of hydrogen-bond acceptors (Lipinski definition) is 4. The number of rotatable bonds is 7. The number of para-hydroxylation sites is 2. The van der Waals surface area contributed by atoms with Crippen LogP contribution in [0.4, 0.5) is 34.1 Å². The number of hydrogen-bond donors (Lipinski definition) is 3. The van der Waals surface area contributed by atoms with Gasteiger partial charge in [-0.05, 0) is 79.7 Å². The number of nitrogens with one attached hydrogen (secondary N) is 2. The van der Waals surface area contributed by atoms with E-state index >= 15 is 0 Å². The van der Waals surface area contributed by atoms with Crippen LogP contribution in [-0.4, -0.2) is 10.8 Å². The van der Waals surface area contributed by atoms with Gasteiger partial charge in [0.1, 0.15) is 5.04 Å². The molecular weight excluding hydrogens is 412 g/mol. The maximum atomic E-state index is 4.65. The molecule has 0 saturated heterocycles. The molecule has 0 aliphatic carbocycles. The van der Waals surface area contributed by atoms with Crippen molar-refractivity contribution < 1.29 is 0 Å². The van der Waals surface area contributed by atoms with Crippen LogP contribution in [0.1, 0.15) is 6.92 Å². The molecule has 5 heteroatoms. The van der Waals surface area contributed by atoms with Crippen LogP contribution in [0.5, 0.6) is 0 Å². The predicted octanol–water partition coefficient (Wildman–Crippen LogP) is 7.93. The summed E-state index contributed by atoms with van der Waals surface area (Å²) in [4.78, 5) is 9.23. The molecule has 2 N–H and O–H groups in total. The van der Waals surface area contributed by atoms with Gasteiger partial charge < -0.3 is 10.6 Å². The van der Waals surface area contributed by atoms with Gasteiger partial charge in [0.25, 0.3) is 0 Å². The summed E-state index contributed by atoms with van der Waals surface area (Å²) in [6.45, 7) is 1.91. The smallest absolute Gasteiger partial charge is 0.115 e. The summed E-state index contributed by atoms with van der Waals surface area (Å²) in [5, 5.41) is 7.31. The largest absolute Gasteiger partial charge is 0.356 e. The maximum Gasteiger partial charge on any atom is 0.115 e. The van der Waals surface area contributed by atoms with Crippen molar-refractivity contribution in [2.24, 2.45) is 9.98 Å². The first-order valence-electron chi connectivity index (χ1n) is 10.3. The van der Waals surface area contributed by atoms with Gasteiger partial charge in [-0.15, -0.1) is 12.6 Å². The molecule has 4 nitrogen and oxygen atoms in total. The van der Waals surface area contributed by atoms with Crippen LogP contribution in [0.2, 0.25) is 0 Å². The zero-order valence-corrected chi connectivity index (χ0v) is 18.6. The maximum absolute atomic E-state index is 4.65. The van der Waals surface area contributed by atoms with Crippen molar-refractivity contribution >= 4 is 57.5 Å². The van der Waals surface area contributed by atoms with E-state index in [1.807, 2.05) is 116 Å². The van der Waals surface area contributed by atoms with E-state index in [4.69, 9.17) is 0 Å². The second-order valence-electron chi connectivity index (χ2n) is 7.21. The summed E-state index contributed by atoms with van der Waals surface area (Å²) in [7, 11) is 0. The highest BCUT2D eigenvalue weighted by Crippen LogP contribution is 2.23. The summed E-state index contributed by atoms with van der Waals surface area (Å²) >= 11 is 4.55. The van der Waals surface area contributed by atoms with E-state index in [1.54, 1.807) is 0 Å². The van der Waals surface area contributed by atoms with Gasteiger partial charge in [0, 0.05) is 22.7 Å². The Bertz CT molecular complexity index is 1100. The zero-order valence-electron chi connectivity index (χ0n) is 17.7. The molecule has 0 amide bonds. The summed E-state index contributed by atoms with van der Waals surface area (Å²) < 4.78 is 0. The number of aliphatic imine (C=N–C) groups is 2. The first-order valence-corrected chi connectivity index (χ1v) is 10.8. The topological polar surface area (TPSA) is 48.8 Å². The highest BCUT2D eigenvalue weighted by molar-refractivity contribution is 7.99. The van der Waals surface area contributed by atoms with Crippen LogP contribution in [0.25, 0.3) is 0 Å². The van der Waals surface area contributed by atoms with Crippen LogP contribution >= 0.6 is 12.6 Å². The molecule has 0 aromatic heterocycles. The minimum absolute atomic E-state index is 0.584. The fourth-order valence-electron chi connectivity index (χ4n) is 3.06. The lowest BCUT2D eigenvalue weighted by Crippen LogP contribution is -2.01. The Morgan fingerprint density at radius 2 is 0.906 bits per heavy atom. The Hall–Kier alpha value is -3.83. The van der Waals surface area contributed by atoms with Crippen LogP contribution in [-0.2, 0) is 0 Å². The second kappa shape index (κ2) is 10.5. The van der Waals surface area contributed by atoms with Crippen molar-refractivity contribution in [2.75, 3.05) is 10.6 Å². The molecule has 0 unspecified atom stereocenters. The summed E-state index contributed by atoms with van der Waals surface area (Å²) in [6.07, 6.45) is 0. The number of benzene rings is 4. The second-order valence-corrected chi connectivity index (χ2v) is 7.63. The average Bonchev–Trinajstić information content (AvgIpc) is 2.83. The van der Waals surface area contributed by atoms with E-state index in [0.717, 1.165) is 39.8 Å². The summed E-state index contributed by atoms with van der Waals surface area (Å²) in [5.41, 5.74) is 6.54. The molecule has 0 aliphatic rings. The molecule has 158 valence electrons. The molecule has 0 bridgehead atoms. The Labute approximate surface area is 194 Å². The third kappa shape index (κ3) is 6.09. The van der Waals surface area contributed by atoms with Gasteiger partial charge in [-0.1, -0.05) is 36.4 Å². The number of nitrogens with zero attached hydrogens (tertiary/aromatic N) is 2. The van der Waals surface area contributed by atoms with E-state index in [9.17, 15) is 0 Å². The lowest BCUT2D eigenvalue weighted by atomic mass is 10.2. The van der Waals surface area contributed by atoms with Gasteiger partial charge in [-0.25, -0.2) is 4.99 Å². The van der Waals surface area contributed by atoms with E-state index in [2.05, 4.69) is 33.2 Å². The van der Waals surface area contributed by atoms with Crippen molar-refractivity contribution in [1.29, 1.82) is 0 Å². The van der Waals surface area contributed by atoms with E-state index in [1.165, 1.54) is 0 Å². The number of thiol groups is 1. The standard InChI is InChI=1S/C27H24N4S/c1-20(28-23-12-14-24(15-13-23)29-21-8-4-2-5-9-21)27(32)31-26-18-16-25(17-19-26)30-22-10-6-3-7-11-22/h2-19,29-30H,1H3,(H,31,32)/b28-20+. The van der Waals surface area contributed by atoms with E-state index in [0.29, 0.717) is 5.04 Å². The molecule has 0 spiro atoms. The molecule has 32 heavy (non-hydrogen) atoms. The number of anilines is 4. The Kier molecular flexibility index (Phi) is 7.00. The lowest BCUT2D eigenvalue weighted by Gasteiger charge is -2.07. The Balaban J connectivity index is 1.40. The van der Waals surface area contributed by atoms with Gasteiger partial charge in [0.15, 0.2) is 0 Å². The Morgan fingerprint density at radius 1 is 0.531 bits per heavy atom. The third-order valence-corrected chi connectivity index (χ3v) is 5.14. The molecule has 0 atom stereocenters. The van der Waals surface area contributed by atoms with Gasteiger partial charge in [-0.3, -0.25) is 4.99 Å².